The van der Waals surface area contributed by atoms with Gasteiger partial charge in [-0.3, -0.25) is 9.69 Å². The van der Waals surface area contributed by atoms with E-state index in [0.29, 0.717) is 13.1 Å². The molecule has 7 nitrogen and oxygen atoms in total. The van der Waals surface area contributed by atoms with E-state index >= 15 is 0 Å². The lowest BCUT2D eigenvalue weighted by Gasteiger charge is -2.28. The molecule has 2 amide bonds. The van der Waals surface area contributed by atoms with E-state index in [-0.39, 0.29) is 24.1 Å². The molecule has 0 aromatic carbocycles. The van der Waals surface area contributed by atoms with Crippen molar-refractivity contribution in [1.29, 1.82) is 0 Å². The van der Waals surface area contributed by atoms with Crippen LogP contribution in [0.15, 0.2) is 0 Å². The summed E-state index contributed by atoms with van der Waals surface area (Å²) in [5.41, 5.74) is -0.493. The van der Waals surface area contributed by atoms with Crippen molar-refractivity contribution in [2.45, 2.75) is 57.7 Å². The Morgan fingerprint density at radius 1 is 1.25 bits per heavy atom. The van der Waals surface area contributed by atoms with E-state index in [1.165, 1.54) is 0 Å². The smallest absolute Gasteiger partial charge is 0.410 e. The van der Waals surface area contributed by atoms with Gasteiger partial charge in [0.05, 0.1) is 6.54 Å². The highest BCUT2D eigenvalue weighted by Gasteiger charge is 2.31. The number of hydrogen-bond donors (Lipinski definition) is 1. The van der Waals surface area contributed by atoms with Crippen molar-refractivity contribution in [3.8, 4) is 0 Å². The molecule has 0 aromatic heterocycles. The van der Waals surface area contributed by atoms with E-state index in [1.807, 2.05) is 20.8 Å². The van der Waals surface area contributed by atoms with Gasteiger partial charge in [-0.05, 0) is 40.0 Å². The van der Waals surface area contributed by atoms with Gasteiger partial charge in [0.1, 0.15) is 5.60 Å². The third-order valence-corrected chi connectivity index (χ3v) is 4.43. The second kappa shape index (κ2) is 8.16. The predicted molar refractivity (Wildman–Crippen MR) is 90.8 cm³/mol. The highest BCUT2D eigenvalue weighted by atomic mass is 16.6. The third-order valence-electron chi connectivity index (χ3n) is 4.43. The van der Waals surface area contributed by atoms with E-state index in [0.717, 1.165) is 39.0 Å². The molecule has 2 heterocycles. The van der Waals surface area contributed by atoms with Crippen molar-refractivity contribution in [1.82, 2.24) is 15.1 Å². The van der Waals surface area contributed by atoms with Crippen molar-refractivity contribution >= 4 is 12.0 Å². The summed E-state index contributed by atoms with van der Waals surface area (Å²) >= 11 is 0. The Hall–Kier alpha value is -1.34. The normalized spacial score (nSPS) is 23.1. The average Bonchev–Trinajstić information content (AvgIpc) is 2.94. The molecule has 2 fully saturated rings. The molecular formula is C17H31N3O4. The van der Waals surface area contributed by atoms with Crippen molar-refractivity contribution in [2.24, 2.45) is 0 Å². The first-order valence-corrected chi connectivity index (χ1v) is 8.80. The van der Waals surface area contributed by atoms with Crippen molar-refractivity contribution in [3.05, 3.63) is 0 Å². The van der Waals surface area contributed by atoms with Crippen LogP contribution in [0.3, 0.4) is 0 Å². The molecule has 138 valence electrons. The minimum Gasteiger partial charge on any atom is -0.444 e. The standard InChI is InChI=1S/C17H31N3O4/c1-17(2,3)24-16(22)19(4)14-5-8-20(11-14)12-15(21)18-13-6-9-23-10-7-13/h13-14H,5-12H2,1-4H3,(H,18,21)/t14-/m1/s1. The van der Waals surface area contributed by atoms with Gasteiger partial charge in [-0.25, -0.2) is 4.79 Å². The summed E-state index contributed by atoms with van der Waals surface area (Å²) in [5.74, 6) is 0.0578. The van der Waals surface area contributed by atoms with Crippen LogP contribution >= 0.6 is 0 Å². The van der Waals surface area contributed by atoms with E-state index in [2.05, 4.69) is 10.2 Å². The maximum absolute atomic E-state index is 12.2. The fraction of sp³-hybridized carbons (Fsp3) is 0.882. The molecule has 0 radical (unpaired) electrons. The van der Waals surface area contributed by atoms with E-state index in [9.17, 15) is 9.59 Å². The topological polar surface area (TPSA) is 71.1 Å². The van der Waals surface area contributed by atoms with E-state index in [1.54, 1.807) is 11.9 Å². The van der Waals surface area contributed by atoms with Gasteiger partial charge in [-0.2, -0.15) is 0 Å². The molecular weight excluding hydrogens is 310 g/mol. The molecule has 24 heavy (non-hydrogen) atoms. The van der Waals surface area contributed by atoms with Gasteiger partial charge >= 0.3 is 6.09 Å². The Bertz CT molecular complexity index is 444. The van der Waals surface area contributed by atoms with Gasteiger partial charge in [-0.15, -0.1) is 0 Å². The number of ether oxygens (including phenoxy) is 2. The monoisotopic (exact) mass is 341 g/mol. The van der Waals surface area contributed by atoms with E-state index in [4.69, 9.17) is 9.47 Å². The van der Waals surface area contributed by atoms with Crippen LogP contribution in [0, 0.1) is 0 Å². The third kappa shape index (κ3) is 5.94. The van der Waals surface area contributed by atoms with Crippen LogP contribution in [-0.2, 0) is 14.3 Å². The zero-order chi connectivity index (χ0) is 17.7. The van der Waals surface area contributed by atoms with Gasteiger partial charge < -0.3 is 19.7 Å². The first-order valence-electron chi connectivity index (χ1n) is 8.80. The maximum Gasteiger partial charge on any atom is 0.410 e. The Kier molecular flexibility index (Phi) is 6.46. The average molecular weight is 341 g/mol. The molecule has 2 rings (SSSR count). The molecule has 2 saturated heterocycles. The highest BCUT2D eigenvalue weighted by molar-refractivity contribution is 5.78. The molecule has 1 atom stereocenters. The van der Waals surface area contributed by atoms with Crippen LogP contribution in [0.1, 0.15) is 40.0 Å². The van der Waals surface area contributed by atoms with Crippen LogP contribution in [0.4, 0.5) is 4.79 Å². The van der Waals surface area contributed by atoms with Gasteiger partial charge in [0, 0.05) is 45.4 Å². The zero-order valence-electron chi connectivity index (χ0n) is 15.3. The van der Waals surface area contributed by atoms with Crippen LogP contribution in [0.25, 0.3) is 0 Å². The van der Waals surface area contributed by atoms with Gasteiger partial charge in [0.25, 0.3) is 0 Å². The Morgan fingerprint density at radius 3 is 2.54 bits per heavy atom. The molecule has 2 aliphatic rings. The second-order valence-corrected chi connectivity index (χ2v) is 7.72. The molecule has 2 aliphatic heterocycles. The molecule has 0 aliphatic carbocycles. The van der Waals surface area contributed by atoms with Crippen molar-refractivity contribution < 1.29 is 19.1 Å². The van der Waals surface area contributed by atoms with Crippen LogP contribution < -0.4 is 5.32 Å². The lowest BCUT2D eigenvalue weighted by molar-refractivity contribution is -0.123. The first kappa shape index (κ1) is 19.0. The van der Waals surface area contributed by atoms with Crippen LogP contribution in [0.2, 0.25) is 0 Å². The summed E-state index contributed by atoms with van der Waals surface area (Å²) in [6.07, 6.45) is 2.33. The Labute approximate surface area is 144 Å². The number of rotatable bonds is 4. The number of nitrogens with zero attached hydrogens (tertiary/aromatic N) is 2. The molecule has 0 spiro atoms. The minimum atomic E-state index is -0.493. The number of likely N-dealkylation sites (tertiary alicyclic amines) is 1. The summed E-state index contributed by atoms with van der Waals surface area (Å²) in [5, 5.41) is 3.08. The molecule has 1 N–H and O–H groups in total. The minimum absolute atomic E-state index is 0.0578. The Balaban J connectivity index is 1.73. The lowest BCUT2D eigenvalue weighted by atomic mass is 10.1. The fourth-order valence-corrected chi connectivity index (χ4v) is 3.07. The number of hydrogen-bond acceptors (Lipinski definition) is 5. The molecule has 7 heteroatoms. The van der Waals surface area contributed by atoms with Gasteiger partial charge in [0.15, 0.2) is 0 Å². The molecule has 0 aromatic rings. The summed E-state index contributed by atoms with van der Waals surface area (Å²) in [6.45, 7) is 8.93. The number of nitrogens with one attached hydrogen (secondary N) is 1. The number of amides is 2. The zero-order valence-corrected chi connectivity index (χ0v) is 15.3. The quantitative estimate of drug-likeness (QED) is 0.833. The Morgan fingerprint density at radius 2 is 1.92 bits per heavy atom. The summed E-state index contributed by atoms with van der Waals surface area (Å²) in [6, 6.07) is 0.324. The second-order valence-electron chi connectivity index (χ2n) is 7.72. The van der Waals surface area contributed by atoms with E-state index < -0.39 is 5.60 Å². The first-order chi connectivity index (χ1) is 11.2. The maximum atomic E-state index is 12.2. The van der Waals surface area contributed by atoms with Gasteiger partial charge in [0.2, 0.25) is 5.91 Å². The highest BCUT2D eigenvalue weighted by Crippen LogP contribution is 2.17. The van der Waals surface area contributed by atoms with Crippen LogP contribution in [0.5, 0.6) is 0 Å². The number of carbonyl (C=O) groups is 2. The molecule has 0 unspecified atom stereocenters. The molecule has 0 saturated carbocycles. The van der Waals surface area contributed by atoms with Crippen molar-refractivity contribution in [3.63, 3.8) is 0 Å². The number of likely N-dealkylation sites (N-methyl/N-ethyl adjacent to an activating group) is 1. The van der Waals surface area contributed by atoms with Crippen molar-refractivity contribution in [2.75, 3.05) is 39.9 Å². The SMILES string of the molecule is CN(C(=O)OC(C)(C)C)[C@@H]1CCN(CC(=O)NC2CCOCC2)C1. The predicted octanol–water partition coefficient (Wildman–Crippen LogP) is 1.22. The van der Waals surface area contributed by atoms with Crippen LogP contribution in [-0.4, -0.2) is 79.4 Å². The lowest BCUT2D eigenvalue weighted by Crippen LogP contribution is -2.45. The summed E-state index contributed by atoms with van der Waals surface area (Å²) in [4.78, 5) is 28.0. The fourth-order valence-electron chi connectivity index (χ4n) is 3.07. The van der Waals surface area contributed by atoms with Gasteiger partial charge in [-0.1, -0.05) is 0 Å². The summed E-state index contributed by atoms with van der Waals surface area (Å²) < 4.78 is 10.7. The molecule has 0 bridgehead atoms. The largest absolute Gasteiger partial charge is 0.444 e. The number of carbonyl (C=O) groups excluding carboxylic acids is 2. The summed E-state index contributed by atoms with van der Waals surface area (Å²) in [7, 11) is 1.77.